The molecule has 0 saturated carbocycles. The van der Waals surface area contributed by atoms with Crippen LogP contribution in [-0.2, 0) is 16.0 Å². The molecule has 172 valence electrons. The number of piperidine rings is 1. The Kier molecular flexibility index (Phi) is 8.19. The van der Waals surface area contributed by atoms with E-state index in [1.54, 1.807) is 13.0 Å². The van der Waals surface area contributed by atoms with Gasteiger partial charge < -0.3 is 20.3 Å². The second-order valence-corrected chi connectivity index (χ2v) is 8.15. The number of carbonyl (C=O) groups is 2. The fourth-order valence-corrected chi connectivity index (χ4v) is 4.21. The first-order valence-electron chi connectivity index (χ1n) is 11.1. The minimum atomic E-state index is -0.618. The molecule has 0 atom stereocenters. The number of rotatable bonds is 9. The summed E-state index contributed by atoms with van der Waals surface area (Å²) in [7, 11) is 0. The van der Waals surface area contributed by atoms with Gasteiger partial charge in [0.1, 0.15) is 5.82 Å². The number of hydrogen-bond donors (Lipinski definition) is 2. The van der Waals surface area contributed by atoms with Gasteiger partial charge in [-0.15, -0.1) is 0 Å². The number of urea groups is 1. The molecule has 3 rings (SSSR count). The minimum absolute atomic E-state index is 0.0215. The first kappa shape index (κ1) is 23.7. The summed E-state index contributed by atoms with van der Waals surface area (Å²) in [6, 6.07) is 14.7. The number of amides is 3. The largest absolute Gasteiger partial charge is 0.373 e. The Hall–Kier alpha value is -2.97. The van der Waals surface area contributed by atoms with E-state index in [0.717, 1.165) is 50.3 Å². The molecule has 1 aliphatic heterocycles. The van der Waals surface area contributed by atoms with Crippen molar-refractivity contribution in [3.8, 4) is 0 Å². The van der Waals surface area contributed by atoms with Gasteiger partial charge in [-0.2, -0.15) is 0 Å². The third-order valence-electron chi connectivity index (χ3n) is 5.85. The van der Waals surface area contributed by atoms with Crippen LogP contribution in [0.3, 0.4) is 0 Å². The fourth-order valence-electron chi connectivity index (χ4n) is 4.21. The molecule has 32 heavy (non-hydrogen) atoms. The number of likely N-dealkylation sites (tertiary alicyclic amines) is 1. The van der Waals surface area contributed by atoms with Gasteiger partial charge in [0, 0.05) is 51.0 Å². The van der Waals surface area contributed by atoms with Gasteiger partial charge in [-0.05, 0) is 44.0 Å². The summed E-state index contributed by atoms with van der Waals surface area (Å²) in [6.45, 7) is 7.42. The molecule has 3 amide bonds. The van der Waals surface area contributed by atoms with Gasteiger partial charge in [0.05, 0.1) is 12.1 Å². The van der Waals surface area contributed by atoms with E-state index in [4.69, 9.17) is 10.5 Å². The van der Waals surface area contributed by atoms with E-state index in [-0.39, 0.29) is 11.5 Å². The van der Waals surface area contributed by atoms with Crippen LogP contribution in [-0.4, -0.2) is 60.2 Å². The first-order chi connectivity index (χ1) is 15.4. The maximum atomic E-state index is 12.4. The molecular formula is C24H33N5O3. The van der Waals surface area contributed by atoms with E-state index < -0.39 is 6.03 Å². The second kappa shape index (κ2) is 11.1. The van der Waals surface area contributed by atoms with Crippen molar-refractivity contribution in [3.05, 3.63) is 54.2 Å². The smallest absolute Gasteiger partial charge is 0.317 e. The molecule has 8 heteroatoms. The van der Waals surface area contributed by atoms with E-state index >= 15 is 0 Å². The number of benzene rings is 1. The Bertz CT molecular complexity index is 898. The number of nitrogens with one attached hydrogen (secondary N) is 1. The fraction of sp³-hybridized carbons (Fsp3) is 0.458. The molecule has 1 fully saturated rings. The van der Waals surface area contributed by atoms with Gasteiger partial charge in [-0.3, -0.25) is 10.1 Å². The van der Waals surface area contributed by atoms with Crippen molar-refractivity contribution < 1.29 is 14.3 Å². The summed E-state index contributed by atoms with van der Waals surface area (Å²) in [5.41, 5.74) is 6.63. The second-order valence-electron chi connectivity index (χ2n) is 8.15. The van der Waals surface area contributed by atoms with Crippen LogP contribution >= 0.6 is 0 Å². The SMILES string of the molecule is CCOC1(CN(C(C)=O)c2ccccc2)CCN(CCc2cccc(NC(N)=O)n2)CC1. The summed E-state index contributed by atoms with van der Waals surface area (Å²) in [6.07, 6.45) is 2.49. The summed E-state index contributed by atoms with van der Waals surface area (Å²) in [5, 5.41) is 2.51. The van der Waals surface area contributed by atoms with Crippen LogP contribution in [0.5, 0.6) is 0 Å². The van der Waals surface area contributed by atoms with E-state index in [1.165, 1.54) is 0 Å². The first-order valence-corrected chi connectivity index (χ1v) is 11.1. The summed E-state index contributed by atoms with van der Waals surface area (Å²) in [4.78, 5) is 32.1. The lowest BCUT2D eigenvalue weighted by atomic mass is 9.89. The van der Waals surface area contributed by atoms with Gasteiger partial charge in [-0.1, -0.05) is 24.3 Å². The number of anilines is 2. The number of para-hydroxylation sites is 1. The molecule has 0 bridgehead atoms. The van der Waals surface area contributed by atoms with Crippen molar-refractivity contribution in [1.29, 1.82) is 0 Å². The van der Waals surface area contributed by atoms with Crippen molar-refractivity contribution in [2.24, 2.45) is 5.73 Å². The predicted molar refractivity (Wildman–Crippen MR) is 126 cm³/mol. The normalized spacial score (nSPS) is 15.8. The lowest BCUT2D eigenvalue weighted by Gasteiger charge is -2.44. The lowest BCUT2D eigenvalue weighted by Crippen LogP contribution is -2.53. The van der Waals surface area contributed by atoms with Crippen molar-refractivity contribution in [1.82, 2.24) is 9.88 Å². The number of ether oxygens (including phenoxy) is 1. The Morgan fingerprint density at radius 1 is 1.16 bits per heavy atom. The van der Waals surface area contributed by atoms with Gasteiger partial charge in [0.2, 0.25) is 5.91 Å². The van der Waals surface area contributed by atoms with Crippen molar-refractivity contribution in [2.45, 2.75) is 38.7 Å². The van der Waals surface area contributed by atoms with Crippen LogP contribution in [0.2, 0.25) is 0 Å². The maximum absolute atomic E-state index is 12.4. The highest BCUT2D eigenvalue weighted by molar-refractivity contribution is 5.91. The minimum Gasteiger partial charge on any atom is -0.373 e. The van der Waals surface area contributed by atoms with Crippen LogP contribution in [0.25, 0.3) is 0 Å². The molecular weight excluding hydrogens is 406 g/mol. The Labute approximate surface area is 189 Å². The van der Waals surface area contributed by atoms with Crippen LogP contribution < -0.4 is 16.0 Å². The molecule has 8 nitrogen and oxygen atoms in total. The summed E-state index contributed by atoms with van der Waals surface area (Å²) >= 11 is 0. The number of carbonyl (C=O) groups excluding carboxylic acids is 2. The third-order valence-corrected chi connectivity index (χ3v) is 5.85. The highest BCUT2D eigenvalue weighted by atomic mass is 16.5. The molecule has 1 aromatic carbocycles. The lowest BCUT2D eigenvalue weighted by molar-refractivity contribution is -0.119. The van der Waals surface area contributed by atoms with Crippen LogP contribution in [0, 0.1) is 0 Å². The molecule has 0 radical (unpaired) electrons. The topological polar surface area (TPSA) is 101 Å². The molecule has 1 aromatic heterocycles. The highest BCUT2D eigenvalue weighted by Gasteiger charge is 2.38. The molecule has 1 aliphatic rings. The third kappa shape index (κ3) is 6.51. The summed E-state index contributed by atoms with van der Waals surface area (Å²) in [5.74, 6) is 0.488. The number of hydrogen-bond acceptors (Lipinski definition) is 5. The molecule has 1 saturated heterocycles. The molecule has 2 heterocycles. The molecule has 0 aliphatic carbocycles. The molecule has 3 N–H and O–H groups in total. The van der Waals surface area contributed by atoms with E-state index in [2.05, 4.69) is 15.2 Å². The predicted octanol–water partition coefficient (Wildman–Crippen LogP) is 3.04. The monoisotopic (exact) mass is 439 g/mol. The zero-order valence-electron chi connectivity index (χ0n) is 18.9. The van der Waals surface area contributed by atoms with E-state index in [0.29, 0.717) is 19.0 Å². The molecule has 0 unspecified atom stereocenters. The molecule has 2 aromatic rings. The Morgan fingerprint density at radius 3 is 2.50 bits per heavy atom. The number of primary amides is 1. The van der Waals surface area contributed by atoms with Crippen LogP contribution in [0.15, 0.2) is 48.5 Å². The average molecular weight is 440 g/mol. The number of pyridine rings is 1. The maximum Gasteiger partial charge on any atom is 0.317 e. The van der Waals surface area contributed by atoms with Crippen molar-refractivity contribution in [2.75, 3.05) is 43.0 Å². The number of nitrogens with two attached hydrogens (primary N) is 1. The van der Waals surface area contributed by atoms with Crippen molar-refractivity contribution >= 4 is 23.4 Å². The Morgan fingerprint density at radius 2 is 1.88 bits per heavy atom. The van der Waals surface area contributed by atoms with Gasteiger partial charge in [-0.25, -0.2) is 9.78 Å². The van der Waals surface area contributed by atoms with Crippen molar-refractivity contribution in [3.63, 3.8) is 0 Å². The zero-order chi connectivity index (χ0) is 23.0. The van der Waals surface area contributed by atoms with Crippen LogP contribution in [0.4, 0.5) is 16.3 Å². The number of aromatic nitrogens is 1. The highest BCUT2D eigenvalue weighted by Crippen LogP contribution is 2.30. The van der Waals surface area contributed by atoms with Gasteiger partial charge in [0.25, 0.3) is 0 Å². The Balaban J connectivity index is 1.59. The summed E-state index contributed by atoms with van der Waals surface area (Å²) < 4.78 is 6.25. The zero-order valence-corrected chi connectivity index (χ0v) is 18.9. The average Bonchev–Trinajstić information content (AvgIpc) is 2.78. The van der Waals surface area contributed by atoms with E-state index in [9.17, 15) is 9.59 Å². The van der Waals surface area contributed by atoms with Crippen LogP contribution in [0.1, 0.15) is 32.4 Å². The van der Waals surface area contributed by atoms with Gasteiger partial charge >= 0.3 is 6.03 Å². The van der Waals surface area contributed by atoms with E-state index in [1.807, 2.05) is 54.3 Å². The quantitative estimate of drug-likeness (QED) is 0.625. The standard InChI is InChI=1S/C24H33N5O3/c1-3-32-24(18-29(19(2)30)21-9-5-4-6-10-21)13-16-28(17-14-24)15-12-20-8-7-11-22(26-20)27-23(25)31/h4-11H,3,12-18H2,1-2H3,(H3,25,26,27,31). The number of nitrogens with zero attached hydrogens (tertiary/aromatic N) is 3. The molecule has 0 spiro atoms. The van der Waals surface area contributed by atoms with Gasteiger partial charge in [0.15, 0.2) is 0 Å².